The highest BCUT2D eigenvalue weighted by Crippen LogP contribution is 2.33. The molecule has 2 aliphatic rings. The third-order valence-corrected chi connectivity index (χ3v) is 6.23. The first kappa shape index (κ1) is 17.6. The van der Waals surface area contributed by atoms with E-state index in [2.05, 4.69) is 11.4 Å². The molecule has 0 atom stereocenters. The van der Waals surface area contributed by atoms with E-state index in [1.54, 1.807) is 0 Å². The normalized spacial score (nSPS) is 18.5. The van der Waals surface area contributed by atoms with Crippen molar-refractivity contribution in [1.29, 1.82) is 0 Å². The summed E-state index contributed by atoms with van der Waals surface area (Å²) in [7, 11) is 0. The molecule has 0 bridgehead atoms. The molecule has 2 aromatic rings. The number of carbonyl (C=O) groups is 1. The van der Waals surface area contributed by atoms with E-state index in [4.69, 9.17) is 4.42 Å². The number of nitrogens with one attached hydrogen (secondary N) is 1. The van der Waals surface area contributed by atoms with Crippen LogP contribution in [-0.2, 0) is 17.6 Å². The average molecular weight is 354 g/mol. The van der Waals surface area contributed by atoms with Gasteiger partial charge < -0.3 is 9.73 Å². The van der Waals surface area contributed by atoms with Crippen LogP contribution in [0.4, 0.5) is 5.69 Å². The van der Waals surface area contributed by atoms with Crippen molar-refractivity contribution in [3.8, 4) is 0 Å². The zero-order valence-corrected chi connectivity index (χ0v) is 15.8. The highest BCUT2D eigenvalue weighted by atomic mass is 16.3. The molecule has 1 aromatic carbocycles. The van der Waals surface area contributed by atoms with Gasteiger partial charge in [0.1, 0.15) is 11.3 Å². The first-order valence-corrected chi connectivity index (χ1v) is 10.6. The van der Waals surface area contributed by atoms with Crippen molar-refractivity contribution in [1.82, 2.24) is 0 Å². The maximum atomic E-state index is 12.3. The zero-order chi connectivity index (χ0) is 17.8. The van der Waals surface area contributed by atoms with Crippen LogP contribution in [0.25, 0.3) is 11.0 Å². The minimum Gasteiger partial charge on any atom is -0.461 e. The van der Waals surface area contributed by atoms with Gasteiger partial charge in [0.25, 0.3) is 0 Å². The largest absolute Gasteiger partial charge is 0.461 e. The number of carbonyl (C=O) groups excluding carboxylic acids is 1. The van der Waals surface area contributed by atoms with E-state index in [1.807, 2.05) is 12.1 Å². The molecule has 26 heavy (non-hydrogen) atoms. The maximum Gasteiger partial charge on any atom is 0.224 e. The van der Waals surface area contributed by atoms with Crippen LogP contribution in [0.3, 0.4) is 0 Å². The first-order valence-electron chi connectivity index (χ1n) is 10.6. The number of furan rings is 1. The summed E-state index contributed by atoms with van der Waals surface area (Å²) in [6.07, 6.45) is 15.6. The van der Waals surface area contributed by atoms with E-state index in [0.717, 1.165) is 36.5 Å². The number of hydrogen-bond acceptors (Lipinski definition) is 2. The summed E-state index contributed by atoms with van der Waals surface area (Å²) in [5.41, 5.74) is 3.25. The Labute approximate surface area is 156 Å². The standard InChI is InChI=1S/C23H31NO2/c25-23(13-7-10-17-8-5-6-9-17)24-18-14-15-22-20(16-18)19-11-3-1-2-4-12-21(19)26-22/h14-17H,1-13H2,(H,24,25). The third-order valence-electron chi connectivity index (χ3n) is 6.23. The van der Waals surface area contributed by atoms with Crippen LogP contribution in [-0.4, -0.2) is 5.91 Å². The van der Waals surface area contributed by atoms with Gasteiger partial charge in [-0.1, -0.05) is 38.5 Å². The van der Waals surface area contributed by atoms with Gasteiger partial charge in [0, 0.05) is 29.5 Å². The predicted octanol–water partition coefficient (Wildman–Crippen LogP) is 6.39. The molecule has 0 aliphatic heterocycles. The lowest BCUT2D eigenvalue weighted by molar-refractivity contribution is -0.116. The molecule has 0 saturated heterocycles. The number of rotatable bonds is 5. The third kappa shape index (κ3) is 4.13. The molecule has 3 nitrogen and oxygen atoms in total. The molecular formula is C23H31NO2. The highest BCUT2D eigenvalue weighted by Gasteiger charge is 2.17. The number of aryl methyl sites for hydroxylation is 2. The molecule has 4 rings (SSSR count). The Morgan fingerprint density at radius 1 is 1.04 bits per heavy atom. The highest BCUT2D eigenvalue weighted by molar-refractivity contribution is 5.94. The second-order valence-electron chi connectivity index (χ2n) is 8.22. The number of benzene rings is 1. The van der Waals surface area contributed by atoms with Crippen LogP contribution < -0.4 is 5.32 Å². The predicted molar refractivity (Wildman–Crippen MR) is 107 cm³/mol. The Morgan fingerprint density at radius 3 is 2.69 bits per heavy atom. The number of amides is 1. The van der Waals surface area contributed by atoms with E-state index in [-0.39, 0.29) is 5.91 Å². The fourth-order valence-corrected chi connectivity index (χ4v) is 4.77. The summed E-state index contributed by atoms with van der Waals surface area (Å²) in [4.78, 5) is 12.3. The average Bonchev–Trinajstić information content (AvgIpc) is 3.23. The minimum absolute atomic E-state index is 0.147. The van der Waals surface area contributed by atoms with Gasteiger partial charge in [0.15, 0.2) is 0 Å². The molecule has 1 aromatic heterocycles. The molecule has 1 N–H and O–H groups in total. The van der Waals surface area contributed by atoms with E-state index in [1.165, 1.54) is 74.5 Å². The van der Waals surface area contributed by atoms with Gasteiger partial charge in [-0.05, 0) is 56.2 Å². The lowest BCUT2D eigenvalue weighted by Gasteiger charge is -2.09. The lowest BCUT2D eigenvalue weighted by atomic mass is 9.97. The van der Waals surface area contributed by atoms with Crippen molar-refractivity contribution in [2.75, 3.05) is 5.32 Å². The van der Waals surface area contributed by atoms with Crippen LogP contribution >= 0.6 is 0 Å². The molecule has 0 unspecified atom stereocenters. The van der Waals surface area contributed by atoms with Crippen molar-refractivity contribution >= 4 is 22.6 Å². The molecule has 0 spiro atoms. The van der Waals surface area contributed by atoms with Crippen molar-refractivity contribution in [2.24, 2.45) is 5.92 Å². The smallest absolute Gasteiger partial charge is 0.224 e. The van der Waals surface area contributed by atoms with Crippen molar-refractivity contribution < 1.29 is 9.21 Å². The molecule has 1 heterocycles. The van der Waals surface area contributed by atoms with Gasteiger partial charge in [0.05, 0.1) is 0 Å². The molecule has 2 aliphatic carbocycles. The lowest BCUT2D eigenvalue weighted by Crippen LogP contribution is -2.11. The maximum absolute atomic E-state index is 12.3. The van der Waals surface area contributed by atoms with Gasteiger partial charge >= 0.3 is 0 Å². The van der Waals surface area contributed by atoms with E-state index < -0.39 is 0 Å². The Hall–Kier alpha value is -1.77. The van der Waals surface area contributed by atoms with Crippen LogP contribution in [0, 0.1) is 5.92 Å². The van der Waals surface area contributed by atoms with E-state index >= 15 is 0 Å². The minimum atomic E-state index is 0.147. The van der Waals surface area contributed by atoms with Gasteiger partial charge in [0.2, 0.25) is 5.91 Å². The summed E-state index contributed by atoms with van der Waals surface area (Å²) in [6, 6.07) is 6.12. The quantitative estimate of drug-likeness (QED) is 0.676. The van der Waals surface area contributed by atoms with Crippen LogP contribution in [0.5, 0.6) is 0 Å². The van der Waals surface area contributed by atoms with Gasteiger partial charge in [-0.15, -0.1) is 0 Å². The molecular weight excluding hydrogens is 322 g/mol. The van der Waals surface area contributed by atoms with Crippen LogP contribution in [0.2, 0.25) is 0 Å². The topological polar surface area (TPSA) is 42.2 Å². The second-order valence-corrected chi connectivity index (χ2v) is 8.22. The SMILES string of the molecule is O=C(CCCC1CCCC1)Nc1ccc2oc3c(c2c1)CCCCCC3. The fraction of sp³-hybridized carbons (Fsp3) is 0.609. The van der Waals surface area contributed by atoms with Gasteiger partial charge in [-0.25, -0.2) is 0 Å². The monoisotopic (exact) mass is 353 g/mol. The van der Waals surface area contributed by atoms with E-state index in [0.29, 0.717) is 6.42 Å². The van der Waals surface area contributed by atoms with Crippen molar-refractivity contribution in [3.05, 3.63) is 29.5 Å². The molecule has 140 valence electrons. The van der Waals surface area contributed by atoms with E-state index in [9.17, 15) is 4.79 Å². The molecule has 1 saturated carbocycles. The zero-order valence-electron chi connectivity index (χ0n) is 15.8. The van der Waals surface area contributed by atoms with Gasteiger partial charge in [-0.2, -0.15) is 0 Å². The second kappa shape index (κ2) is 8.28. The van der Waals surface area contributed by atoms with Crippen molar-refractivity contribution in [2.45, 2.75) is 83.5 Å². The van der Waals surface area contributed by atoms with Crippen molar-refractivity contribution in [3.63, 3.8) is 0 Å². The van der Waals surface area contributed by atoms with Crippen LogP contribution in [0.15, 0.2) is 22.6 Å². The molecule has 1 fully saturated rings. The summed E-state index contributed by atoms with van der Waals surface area (Å²) in [5.74, 6) is 2.18. The Kier molecular flexibility index (Phi) is 5.62. The van der Waals surface area contributed by atoms with Crippen LogP contribution in [0.1, 0.15) is 82.0 Å². The first-order chi connectivity index (χ1) is 12.8. The van der Waals surface area contributed by atoms with Gasteiger partial charge in [-0.3, -0.25) is 4.79 Å². The fourth-order valence-electron chi connectivity index (χ4n) is 4.77. The number of anilines is 1. The summed E-state index contributed by atoms with van der Waals surface area (Å²) < 4.78 is 6.10. The number of fused-ring (bicyclic) bond motifs is 3. The molecule has 3 heteroatoms. The molecule has 0 radical (unpaired) electrons. The molecule has 1 amide bonds. The number of hydrogen-bond donors (Lipinski definition) is 1. The summed E-state index contributed by atoms with van der Waals surface area (Å²) in [5, 5.41) is 4.30. The summed E-state index contributed by atoms with van der Waals surface area (Å²) >= 11 is 0. The Bertz CT molecular complexity index is 755. The Balaban J connectivity index is 1.39. The Morgan fingerprint density at radius 2 is 1.85 bits per heavy atom. The summed E-state index contributed by atoms with van der Waals surface area (Å²) in [6.45, 7) is 0.